The lowest BCUT2D eigenvalue weighted by Crippen LogP contribution is -1.81. The SMILES string of the molecule is CCC/C=C/Oc1ccc(C)cc1. The molecule has 1 heteroatoms. The predicted octanol–water partition coefficient (Wildman–Crippen LogP) is 3.69. The standard InChI is InChI=1S/C12H16O/c1-3-4-5-10-13-12-8-6-11(2)7-9-12/h5-10H,3-4H2,1-2H3/b10-5+. The molecular formula is C12H16O. The van der Waals surface area contributed by atoms with E-state index in [2.05, 4.69) is 13.8 Å². The minimum atomic E-state index is 0.901. The maximum absolute atomic E-state index is 5.38. The van der Waals surface area contributed by atoms with E-state index < -0.39 is 0 Å². The highest BCUT2D eigenvalue weighted by Crippen LogP contribution is 2.11. The van der Waals surface area contributed by atoms with Crippen molar-refractivity contribution in [3.8, 4) is 5.75 Å². The van der Waals surface area contributed by atoms with Crippen LogP contribution in [-0.4, -0.2) is 0 Å². The lowest BCUT2D eigenvalue weighted by Gasteiger charge is -1.99. The molecule has 0 N–H and O–H groups in total. The molecule has 0 bridgehead atoms. The molecule has 1 nitrogen and oxygen atoms in total. The Morgan fingerprint density at radius 2 is 1.92 bits per heavy atom. The van der Waals surface area contributed by atoms with Crippen molar-refractivity contribution in [2.45, 2.75) is 26.7 Å². The van der Waals surface area contributed by atoms with E-state index in [1.807, 2.05) is 30.3 Å². The first-order valence-electron chi connectivity index (χ1n) is 4.71. The molecule has 0 fully saturated rings. The van der Waals surface area contributed by atoms with Gasteiger partial charge in [0.05, 0.1) is 6.26 Å². The quantitative estimate of drug-likeness (QED) is 0.636. The molecule has 0 heterocycles. The number of rotatable bonds is 4. The number of hydrogen-bond acceptors (Lipinski definition) is 1. The summed E-state index contributed by atoms with van der Waals surface area (Å²) in [7, 11) is 0. The van der Waals surface area contributed by atoms with Gasteiger partial charge in [-0.2, -0.15) is 0 Å². The van der Waals surface area contributed by atoms with Gasteiger partial charge in [0.25, 0.3) is 0 Å². The second-order valence-corrected chi connectivity index (χ2v) is 3.09. The van der Waals surface area contributed by atoms with Gasteiger partial charge in [0.1, 0.15) is 5.75 Å². The molecule has 0 aliphatic heterocycles. The Morgan fingerprint density at radius 1 is 1.23 bits per heavy atom. The van der Waals surface area contributed by atoms with E-state index in [-0.39, 0.29) is 0 Å². The van der Waals surface area contributed by atoms with Gasteiger partial charge in [0.2, 0.25) is 0 Å². The highest BCUT2D eigenvalue weighted by Gasteiger charge is 1.88. The van der Waals surface area contributed by atoms with Crippen LogP contribution in [0.4, 0.5) is 0 Å². The van der Waals surface area contributed by atoms with Gasteiger partial charge in [-0.05, 0) is 31.6 Å². The minimum Gasteiger partial charge on any atom is -0.465 e. The van der Waals surface area contributed by atoms with Crippen molar-refractivity contribution in [1.29, 1.82) is 0 Å². The van der Waals surface area contributed by atoms with Crippen molar-refractivity contribution >= 4 is 0 Å². The average Bonchev–Trinajstić information content (AvgIpc) is 2.15. The van der Waals surface area contributed by atoms with Gasteiger partial charge >= 0.3 is 0 Å². The zero-order valence-corrected chi connectivity index (χ0v) is 8.29. The van der Waals surface area contributed by atoms with Crippen LogP contribution in [0.5, 0.6) is 5.75 Å². The first kappa shape index (κ1) is 9.85. The fourth-order valence-corrected chi connectivity index (χ4v) is 0.978. The van der Waals surface area contributed by atoms with Gasteiger partial charge in [-0.25, -0.2) is 0 Å². The van der Waals surface area contributed by atoms with E-state index in [9.17, 15) is 0 Å². The summed E-state index contributed by atoms with van der Waals surface area (Å²) in [6.07, 6.45) is 6.04. The number of hydrogen-bond donors (Lipinski definition) is 0. The molecule has 1 aromatic carbocycles. The third-order valence-electron chi connectivity index (χ3n) is 1.78. The van der Waals surface area contributed by atoms with Crippen LogP contribution in [0.15, 0.2) is 36.6 Å². The van der Waals surface area contributed by atoms with Crippen LogP contribution in [-0.2, 0) is 0 Å². The summed E-state index contributed by atoms with van der Waals surface area (Å²) in [5.41, 5.74) is 1.25. The molecule has 0 aliphatic carbocycles. The minimum absolute atomic E-state index is 0.901. The van der Waals surface area contributed by atoms with Gasteiger partial charge in [0, 0.05) is 0 Å². The van der Waals surface area contributed by atoms with Gasteiger partial charge < -0.3 is 4.74 Å². The molecule has 0 unspecified atom stereocenters. The van der Waals surface area contributed by atoms with E-state index in [4.69, 9.17) is 4.74 Å². The van der Waals surface area contributed by atoms with Crippen molar-refractivity contribution in [3.63, 3.8) is 0 Å². The average molecular weight is 176 g/mol. The Morgan fingerprint density at radius 3 is 2.54 bits per heavy atom. The fourth-order valence-electron chi connectivity index (χ4n) is 0.978. The first-order chi connectivity index (χ1) is 6.33. The van der Waals surface area contributed by atoms with Crippen LogP contribution < -0.4 is 4.74 Å². The van der Waals surface area contributed by atoms with Crippen molar-refractivity contribution in [3.05, 3.63) is 42.2 Å². The third kappa shape index (κ3) is 3.79. The zero-order valence-electron chi connectivity index (χ0n) is 8.29. The Bertz CT molecular complexity index is 259. The summed E-state index contributed by atoms with van der Waals surface area (Å²) in [5, 5.41) is 0. The smallest absolute Gasteiger partial charge is 0.126 e. The Labute approximate surface area is 80.0 Å². The summed E-state index contributed by atoms with van der Waals surface area (Å²) in [5.74, 6) is 0.901. The lowest BCUT2D eigenvalue weighted by molar-refractivity contribution is 0.478. The van der Waals surface area contributed by atoms with Crippen LogP contribution in [0.2, 0.25) is 0 Å². The molecule has 0 radical (unpaired) electrons. The molecule has 0 atom stereocenters. The molecule has 1 aromatic rings. The molecule has 70 valence electrons. The predicted molar refractivity (Wildman–Crippen MR) is 55.9 cm³/mol. The molecule has 0 amide bonds. The monoisotopic (exact) mass is 176 g/mol. The van der Waals surface area contributed by atoms with E-state index in [0.29, 0.717) is 0 Å². The molecule has 0 spiro atoms. The fraction of sp³-hybridized carbons (Fsp3) is 0.333. The first-order valence-corrected chi connectivity index (χ1v) is 4.71. The third-order valence-corrected chi connectivity index (χ3v) is 1.78. The molecule has 13 heavy (non-hydrogen) atoms. The highest BCUT2D eigenvalue weighted by atomic mass is 16.5. The van der Waals surface area contributed by atoms with Crippen molar-refractivity contribution in [2.24, 2.45) is 0 Å². The largest absolute Gasteiger partial charge is 0.465 e. The van der Waals surface area contributed by atoms with Gasteiger partial charge in [-0.15, -0.1) is 0 Å². The molecule has 1 rings (SSSR count). The highest BCUT2D eigenvalue weighted by molar-refractivity contribution is 5.26. The van der Waals surface area contributed by atoms with E-state index in [0.717, 1.165) is 18.6 Å². The maximum atomic E-state index is 5.38. The molecule has 0 saturated heterocycles. The molecular weight excluding hydrogens is 160 g/mol. The van der Waals surface area contributed by atoms with E-state index in [1.165, 1.54) is 5.56 Å². The van der Waals surface area contributed by atoms with Crippen molar-refractivity contribution < 1.29 is 4.74 Å². The molecule has 0 aliphatic rings. The zero-order chi connectivity index (χ0) is 9.52. The van der Waals surface area contributed by atoms with Gasteiger partial charge in [-0.1, -0.05) is 31.0 Å². The summed E-state index contributed by atoms with van der Waals surface area (Å²) >= 11 is 0. The summed E-state index contributed by atoms with van der Waals surface area (Å²) in [6, 6.07) is 8.04. The maximum Gasteiger partial charge on any atom is 0.126 e. The number of allylic oxidation sites excluding steroid dienone is 1. The van der Waals surface area contributed by atoms with Crippen LogP contribution in [0.25, 0.3) is 0 Å². The van der Waals surface area contributed by atoms with Crippen LogP contribution in [0.3, 0.4) is 0 Å². The normalized spacial score (nSPS) is 10.6. The van der Waals surface area contributed by atoms with Gasteiger partial charge in [-0.3, -0.25) is 0 Å². The second kappa shape index (κ2) is 5.41. The van der Waals surface area contributed by atoms with Crippen molar-refractivity contribution in [1.82, 2.24) is 0 Å². The Balaban J connectivity index is 2.41. The van der Waals surface area contributed by atoms with E-state index in [1.54, 1.807) is 6.26 Å². The Hall–Kier alpha value is -1.24. The Kier molecular flexibility index (Phi) is 4.10. The number of unbranched alkanes of at least 4 members (excludes halogenated alkanes) is 1. The topological polar surface area (TPSA) is 9.23 Å². The second-order valence-electron chi connectivity index (χ2n) is 3.09. The summed E-state index contributed by atoms with van der Waals surface area (Å²) in [4.78, 5) is 0. The number of benzene rings is 1. The van der Waals surface area contributed by atoms with Crippen molar-refractivity contribution in [2.75, 3.05) is 0 Å². The van der Waals surface area contributed by atoms with Crippen LogP contribution in [0, 0.1) is 6.92 Å². The summed E-state index contributed by atoms with van der Waals surface area (Å²) < 4.78 is 5.38. The van der Waals surface area contributed by atoms with Crippen LogP contribution in [0.1, 0.15) is 25.3 Å². The molecule has 0 aromatic heterocycles. The number of ether oxygens (including phenoxy) is 1. The van der Waals surface area contributed by atoms with Crippen LogP contribution >= 0.6 is 0 Å². The number of aryl methyl sites for hydroxylation is 1. The summed E-state index contributed by atoms with van der Waals surface area (Å²) in [6.45, 7) is 4.22. The lowest BCUT2D eigenvalue weighted by atomic mass is 10.2. The van der Waals surface area contributed by atoms with E-state index >= 15 is 0 Å². The van der Waals surface area contributed by atoms with Gasteiger partial charge in [0.15, 0.2) is 0 Å². The molecule has 0 saturated carbocycles.